The van der Waals surface area contributed by atoms with Crippen molar-refractivity contribution in [2.45, 2.75) is 6.92 Å². The molecule has 0 fully saturated rings. The molecular formula is C14H12FN3O. The number of ether oxygens (including phenoxy) is 1. The van der Waals surface area contributed by atoms with Crippen LogP contribution in [0.25, 0.3) is 22.6 Å². The van der Waals surface area contributed by atoms with Crippen molar-refractivity contribution in [2.75, 3.05) is 6.61 Å². The summed E-state index contributed by atoms with van der Waals surface area (Å²) in [6, 6.07) is 10.1. The van der Waals surface area contributed by atoms with Crippen molar-refractivity contribution in [3.05, 3.63) is 42.2 Å². The van der Waals surface area contributed by atoms with Crippen LogP contribution in [0.3, 0.4) is 0 Å². The second-order valence-corrected chi connectivity index (χ2v) is 4.02. The molecule has 0 aliphatic rings. The maximum atomic E-state index is 13.7. The fraction of sp³-hybridized carbons (Fsp3) is 0.143. The minimum Gasteiger partial charge on any atom is -0.478 e. The van der Waals surface area contributed by atoms with E-state index in [1.165, 1.54) is 6.07 Å². The molecule has 0 radical (unpaired) electrons. The molecule has 0 atom stereocenters. The molecule has 3 aromatic rings. The number of halogens is 1. The molecule has 1 N–H and O–H groups in total. The molecular weight excluding hydrogens is 245 g/mol. The molecule has 0 unspecified atom stereocenters. The highest BCUT2D eigenvalue weighted by Gasteiger charge is 2.10. The van der Waals surface area contributed by atoms with E-state index in [9.17, 15) is 4.39 Å². The first-order chi connectivity index (χ1) is 9.28. The van der Waals surface area contributed by atoms with Crippen LogP contribution in [-0.4, -0.2) is 21.6 Å². The average Bonchev–Trinajstić information content (AvgIpc) is 2.82. The van der Waals surface area contributed by atoms with Crippen LogP contribution in [0.5, 0.6) is 5.88 Å². The first-order valence-corrected chi connectivity index (χ1v) is 6.02. The lowest BCUT2D eigenvalue weighted by Gasteiger charge is -1.99. The van der Waals surface area contributed by atoms with Gasteiger partial charge in [0, 0.05) is 6.07 Å². The van der Waals surface area contributed by atoms with Gasteiger partial charge in [-0.05, 0) is 25.1 Å². The zero-order chi connectivity index (χ0) is 13.2. The Labute approximate surface area is 109 Å². The van der Waals surface area contributed by atoms with Gasteiger partial charge in [0.15, 0.2) is 5.65 Å². The first-order valence-electron chi connectivity index (χ1n) is 6.02. The Morgan fingerprint density at radius 3 is 2.79 bits per heavy atom. The molecule has 19 heavy (non-hydrogen) atoms. The van der Waals surface area contributed by atoms with Gasteiger partial charge in [0.2, 0.25) is 5.88 Å². The number of rotatable bonds is 3. The van der Waals surface area contributed by atoms with Crippen LogP contribution >= 0.6 is 0 Å². The SMILES string of the molecule is CCOc1ccc2[nH]c(-c3ccccc3F)nc2n1. The topological polar surface area (TPSA) is 50.8 Å². The van der Waals surface area contributed by atoms with Gasteiger partial charge < -0.3 is 9.72 Å². The molecule has 5 heteroatoms. The van der Waals surface area contributed by atoms with E-state index in [1.807, 2.05) is 13.0 Å². The normalized spacial score (nSPS) is 10.8. The highest BCUT2D eigenvalue weighted by Crippen LogP contribution is 2.23. The third-order valence-electron chi connectivity index (χ3n) is 2.74. The Bertz CT molecular complexity index is 724. The second-order valence-electron chi connectivity index (χ2n) is 4.02. The third kappa shape index (κ3) is 2.14. The van der Waals surface area contributed by atoms with E-state index in [4.69, 9.17) is 4.74 Å². The predicted octanol–water partition coefficient (Wildman–Crippen LogP) is 3.16. The quantitative estimate of drug-likeness (QED) is 0.784. The number of pyridine rings is 1. The Morgan fingerprint density at radius 2 is 2.00 bits per heavy atom. The number of benzene rings is 1. The highest BCUT2D eigenvalue weighted by atomic mass is 19.1. The van der Waals surface area contributed by atoms with Gasteiger partial charge in [-0.15, -0.1) is 0 Å². The van der Waals surface area contributed by atoms with Gasteiger partial charge in [0.05, 0.1) is 17.7 Å². The van der Waals surface area contributed by atoms with Gasteiger partial charge in [0.1, 0.15) is 11.6 Å². The highest BCUT2D eigenvalue weighted by molar-refractivity contribution is 5.76. The van der Waals surface area contributed by atoms with Gasteiger partial charge in [0.25, 0.3) is 0 Å². The van der Waals surface area contributed by atoms with Gasteiger partial charge in [-0.3, -0.25) is 0 Å². The number of H-pyrrole nitrogens is 1. The summed E-state index contributed by atoms with van der Waals surface area (Å²) < 4.78 is 19.0. The summed E-state index contributed by atoms with van der Waals surface area (Å²) in [6.45, 7) is 2.43. The minimum absolute atomic E-state index is 0.313. The lowest BCUT2D eigenvalue weighted by molar-refractivity contribution is 0.328. The van der Waals surface area contributed by atoms with Crippen LogP contribution in [0, 0.1) is 5.82 Å². The number of nitrogens with zero attached hydrogens (tertiary/aromatic N) is 2. The molecule has 0 aliphatic heterocycles. The van der Waals surface area contributed by atoms with Gasteiger partial charge in [-0.25, -0.2) is 9.37 Å². The fourth-order valence-electron chi connectivity index (χ4n) is 1.88. The summed E-state index contributed by atoms with van der Waals surface area (Å²) in [6.07, 6.45) is 0. The lowest BCUT2D eigenvalue weighted by Crippen LogP contribution is -1.93. The maximum Gasteiger partial charge on any atom is 0.215 e. The smallest absolute Gasteiger partial charge is 0.215 e. The molecule has 4 nitrogen and oxygen atoms in total. The van der Waals surface area contributed by atoms with Gasteiger partial charge >= 0.3 is 0 Å². The predicted molar refractivity (Wildman–Crippen MR) is 70.5 cm³/mol. The van der Waals surface area contributed by atoms with E-state index in [-0.39, 0.29) is 5.82 Å². The largest absolute Gasteiger partial charge is 0.478 e. The van der Waals surface area contributed by atoms with Crippen molar-refractivity contribution in [2.24, 2.45) is 0 Å². The van der Waals surface area contributed by atoms with E-state index in [2.05, 4.69) is 15.0 Å². The average molecular weight is 257 g/mol. The molecule has 1 aromatic carbocycles. The number of hydrogen-bond donors (Lipinski definition) is 1. The Kier molecular flexibility index (Phi) is 2.87. The standard InChI is InChI=1S/C14H12FN3O/c1-2-19-12-8-7-11-14(17-12)18-13(16-11)9-5-3-4-6-10(9)15/h3-8H,2H2,1H3,(H,16,17,18). The molecule has 2 heterocycles. The van der Waals surface area contributed by atoms with Crippen molar-refractivity contribution in [3.8, 4) is 17.3 Å². The maximum absolute atomic E-state index is 13.7. The van der Waals surface area contributed by atoms with Crippen LogP contribution in [0.1, 0.15) is 6.92 Å². The molecule has 2 aromatic heterocycles. The summed E-state index contributed by atoms with van der Waals surface area (Å²) in [7, 11) is 0. The molecule has 96 valence electrons. The molecule has 0 saturated heterocycles. The summed E-state index contributed by atoms with van der Waals surface area (Å²) in [5.74, 6) is 0.669. The van der Waals surface area contributed by atoms with E-state index in [0.717, 1.165) is 5.52 Å². The van der Waals surface area contributed by atoms with Crippen molar-refractivity contribution in [1.29, 1.82) is 0 Å². The van der Waals surface area contributed by atoms with Crippen LogP contribution in [0.2, 0.25) is 0 Å². The van der Waals surface area contributed by atoms with Crippen molar-refractivity contribution < 1.29 is 9.13 Å². The van der Waals surface area contributed by atoms with Crippen LogP contribution in [0.15, 0.2) is 36.4 Å². The van der Waals surface area contributed by atoms with E-state index in [1.54, 1.807) is 24.3 Å². The van der Waals surface area contributed by atoms with Crippen molar-refractivity contribution >= 4 is 11.2 Å². The van der Waals surface area contributed by atoms with Crippen molar-refractivity contribution in [3.63, 3.8) is 0 Å². The summed E-state index contributed by atoms with van der Waals surface area (Å²) >= 11 is 0. The van der Waals surface area contributed by atoms with Crippen LogP contribution in [-0.2, 0) is 0 Å². The molecule has 0 spiro atoms. The van der Waals surface area contributed by atoms with Crippen LogP contribution < -0.4 is 4.74 Å². The van der Waals surface area contributed by atoms with Gasteiger partial charge in [-0.1, -0.05) is 12.1 Å². The third-order valence-corrected chi connectivity index (χ3v) is 2.74. The Hall–Kier alpha value is -2.43. The molecule has 3 rings (SSSR count). The molecule has 0 bridgehead atoms. The first kappa shape index (κ1) is 11.6. The van der Waals surface area contributed by atoms with E-state index in [0.29, 0.717) is 29.5 Å². The zero-order valence-electron chi connectivity index (χ0n) is 10.4. The van der Waals surface area contributed by atoms with E-state index >= 15 is 0 Å². The Morgan fingerprint density at radius 1 is 1.16 bits per heavy atom. The fourth-order valence-corrected chi connectivity index (χ4v) is 1.88. The van der Waals surface area contributed by atoms with Crippen molar-refractivity contribution in [1.82, 2.24) is 15.0 Å². The Balaban J connectivity index is 2.09. The second kappa shape index (κ2) is 4.68. The molecule has 0 saturated carbocycles. The monoisotopic (exact) mass is 257 g/mol. The number of nitrogens with one attached hydrogen (secondary N) is 1. The van der Waals surface area contributed by atoms with Gasteiger partial charge in [-0.2, -0.15) is 4.98 Å². The zero-order valence-corrected chi connectivity index (χ0v) is 10.4. The summed E-state index contributed by atoms with van der Waals surface area (Å²) in [5, 5.41) is 0. The number of aromatic nitrogens is 3. The lowest BCUT2D eigenvalue weighted by atomic mass is 10.2. The molecule has 0 aliphatic carbocycles. The van der Waals surface area contributed by atoms with E-state index < -0.39 is 0 Å². The van der Waals surface area contributed by atoms with Crippen LogP contribution in [0.4, 0.5) is 4.39 Å². The molecule has 0 amide bonds. The minimum atomic E-state index is -0.313. The number of imidazole rings is 1. The number of hydrogen-bond acceptors (Lipinski definition) is 3. The summed E-state index contributed by atoms with van der Waals surface area (Å²) in [4.78, 5) is 11.6. The summed E-state index contributed by atoms with van der Waals surface area (Å²) in [5.41, 5.74) is 1.70. The number of aromatic amines is 1. The number of fused-ring (bicyclic) bond motifs is 1.